The molecule has 7 nitrogen and oxygen atoms in total. The van der Waals surface area contributed by atoms with E-state index in [-0.39, 0.29) is 22.2 Å². The minimum atomic E-state index is -4.02. The zero-order chi connectivity index (χ0) is 26.3. The molecule has 1 N–H and O–H groups in total. The highest BCUT2D eigenvalue weighted by Crippen LogP contribution is 2.27. The molecule has 0 unspecified atom stereocenters. The van der Waals surface area contributed by atoms with Crippen molar-refractivity contribution in [2.45, 2.75) is 30.8 Å². The van der Waals surface area contributed by atoms with Crippen molar-refractivity contribution >= 4 is 27.5 Å². The van der Waals surface area contributed by atoms with Gasteiger partial charge in [0.05, 0.1) is 16.5 Å². The zero-order valence-electron chi connectivity index (χ0n) is 20.8. The molecule has 37 heavy (non-hydrogen) atoms. The van der Waals surface area contributed by atoms with E-state index in [1.165, 1.54) is 23.8 Å². The van der Waals surface area contributed by atoms with Crippen molar-refractivity contribution in [1.29, 1.82) is 0 Å². The molecule has 0 spiro atoms. The summed E-state index contributed by atoms with van der Waals surface area (Å²) in [5, 5.41) is 0.199. The highest BCUT2D eigenvalue weighted by atomic mass is 35.5. The SMILES string of the molecule is CCOc1ccc(S(=O)(=O)N[C@@H](Cc2ccccc2)C(=O)N2CCN(Cc3ccccc3)CC2)cc1Cl. The second kappa shape index (κ2) is 12.6. The Balaban J connectivity index is 1.48. The highest BCUT2D eigenvalue weighted by Gasteiger charge is 2.31. The fourth-order valence-corrected chi connectivity index (χ4v) is 5.91. The highest BCUT2D eigenvalue weighted by molar-refractivity contribution is 7.89. The van der Waals surface area contributed by atoms with Gasteiger partial charge in [-0.05, 0) is 42.7 Å². The fraction of sp³-hybridized carbons (Fsp3) is 0.321. The molecule has 3 aromatic rings. The van der Waals surface area contributed by atoms with Crippen molar-refractivity contribution in [3.63, 3.8) is 0 Å². The monoisotopic (exact) mass is 541 g/mol. The first-order valence-electron chi connectivity index (χ1n) is 12.4. The summed E-state index contributed by atoms with van der Waals surface area (Å²) in [6, 6.07) is 23.0. The number of hydrogen-bond acceptors (Lipinski definition) is 5. The van der Waals surface area contributed by atoms with Gasteiger partial charge in [-0.1, -0.05) is 72.3 Å². The Morgan fingerprint density at radius 3 is 2.16 bits per heavy atom. The van der Waals surface area contributed by atoms with Crippen LogP contribution < -0.4 is 9.46 Å². The predicted molar refractivity (Wildman–Crippen MR) is 145 cm³/mol. The summed E-state index contributed by atoms with van der Waals surface area (Å²) in [7, 11) is -4.02. The predicted octanol–water partition coefficient (Wildman–Crippen LogP) is 3.97. The van der Waals surface area contributed by atoms with E-state index in [0.29, 0.717) is 25.4 Å². The lowest BCUT2D eigenvalue weighted by atomic mass is 10.1. The number of nitrogens with zero attached hydrogens (tertiary/aromatic N) is 2. The number of carbonyl (C=O) groups is 1. The Hall–Kier alpha value is -2.91. The van der Waals surface area contributed by atoms with Gasteiger partial charge in [0.25, 0.3) is 0 Å². The Kier molecular flexibility index (Phi) is 9.21. The molecule has 0 saturated carbocycles. The summed E-state index contributed by atoms with van der Waals surface area (Å²) in [5.74, 6) is 0.178. The van der Waals surface area contributed by atoms with Crippen LogP contribution >= 0.6 is 11.6 Å². The molecule has 1 aliphatic rings. The lowest BCUT2D eigenvalue weighted by Gasteiger charge is -2.36. The molecule has 3 aromatic carbocycles. The summed E-state index contributed by atoms with van der Waals surface area (Å²) >= 11 is 6.24. The van der Waals surface area contributed by atoms with Gasteiger partial charge in [-0.3, -0.25) is 9.69 Å². The van der Waals surface area contributed by atoms with Crippen LogP contribution in [0.25, 0.3) is 0 Å². The van der Waals surface area contributed by atoms with Crippen LogP contribution in [0.3, 0.4) is 0 Å². The van der Waals surface area contributed by atoms with Gasteiger partial charge in [0.1, 0.15) is 11.8 Å². The first-order valence-corrected chi connectivity index (χ1v) is 14.3. The molecule has 9 heteroatoms. The topological polar surface area (TPSA) is 78.9 Å². The van der Waals surface area contributed by atoms with E-state index in [9.17, 15) is 13.2 Å². The normalized spacial score (nSPS) is 15.4. The van der Waals surface area contributed by atoms with Crippen molar-refractivity contribution < 1.29 is 17.9 Å². The second-order valence-electron chi connectivity index (χ2n) is 8.98. The Bertz CT molecular complexity index is 1280. The lowest BCUT2D eigenvalue weighted by molar-refractivity contribution is -0.134. The molecule has 0 radical (unpaired) electrons. The van der Waals surface area contributed by atoms with Crippen LogP contribution in [0.5, 0.6) is 5.75 Å². The first-order chi connectivity index (χ1) is 17.9. The van der Waals surface area contributed by atoms with Crippen molar-refractivity contribution in [2.75, 3.05) is 32.8 Å². The molecule has 1 heterocycles. The van der Waals surface area contributed by atoms with Crippen LogP contribution in [0.2, 0.25) is 5.02 Å². The standard InChI is InChI=1S/C28H32ClN3O4S/c1-2-36-27-14-13-24(20-25(27)29)37(34,35)30-26(19-22-9-5-3-6-10-22)28(33)32-17-15-31(16-18-32)21-23-11-7-4-8-12-23/h3-14,20,26,30H,2,15-19,21H2,1H3/t26-/m0/s1. The minimum Gasteiger partial charge on any atom is -0.492 e. The van der Waals surface area contributed by atoms with Crippen molar-refractivity contribution in [3.05, 3.63) is 95.0 Å². The van der Waals surface area contributed by atoms with Gasteiger partial charge in [0, 0.05) is 32.7 Å². The molecule has 1 saturated heterocycles. The van der Waals surface area contributed by atoms with Crippen molar-refractivity contribution in [3.8, 4) is 5.75 Å². The number of nitrogens with one attached hydrogen (secondary N) is 1. The third-order valence-electron chi connectivity index (χ3n) is 6.32. The van der Waals surface area contributed by atoms with Gasteiger partial charge < -0.3 is 9.64 Å². The molecule has 0 aliphatic carbocycles. The maximum Gasteiger partial charge on any atom is 0.241 e. The quantitative estimate of drug-likeness (QED) is 0.420. The average molecular weight is 542 g/mol. The number of amides is 1. The van der Waals surface area contributed by atoms with Gasteiger partial charge in [0.15, 0.2) is 0 Å². The number of ether oxygens (including phenoxy) is 1. The van der Waals surface area contributed by atoms with E-state index < -0.39 is 16.1 Å². The van der Waals surface area contributed by atoms with Gasteiger partial charge in [-0.2, -0.15) is 4.72 Å². The number of halogens is 1. The second-order valence-corrected chi connectivity index (χ2v) is 11.1. The molecular weight excluding hydrogens is 510 g/mol. The van der Waals surface area contributed by atoms with Gasteiger partial charge in [0.2, 0.25) is 15.9 Å². The van der Waals surface area contributed by atoms with Gasteiger partial charge >= 0.3 is 0 Å². The number of piperazine rings is 1. The number of sulfonamides is 1. The van der Waals surface area contributed by atoms with E-state index in [4.69, 9.17) is 16.3 Å². The summed E-state index contributed by atoms with van der Waals surface area (Å²) in [5.41, 5.74) is 2.10. The van der Waals surface area contributed by atoms with E-state index in [1.54, 1.807) is 4.90 Å². The third kappa shape index (κ3) is 7.32. The van der Waals surface area contributed by atoms with Crippen LogP contribution in [-0.2, 0) is 27.8 Å². The lowest BCUT2D eigenvalue weighted by Crippen LogP contribution is -2.55. The molecule has 0 aromatic heterocycles. The Morgan fingerprint density at radius 1 is 0.946 bits per heavy atom. The van der Waals surface area contributed by atoms with E-state index in [0.717, 1.165) is 25.2 Å². The minimum absolute atomic E-state index is 0.0144. The first kappa shape index (κ1) is 27.1. The van der Waals surface area contributed by atoms with Gasteiger partial charge in [-0.15, -0.1) is 0 Å². The molecule has 1 fully saturated rings. The Labute approximate surface area is 224 Å². The Morgan fingerprint density at radius 2 is 1.57 bits per heavy atom. The maximum atomic E-state index is 13.6. The summed E-state index contributed by atoms with van der Waals surface area (Å²) in [4.78, 5) is 17.7. The molecule has 1 amide bonds. The summed E-state index contributed by atoms with van der Waals surface area (Å²) in [6.07, 6.45) is 0.244. The molecule has 0 bridgehead atoms. The summed E-state index contributed by atoms with van der Waals surface area (Å²) < 4.78 is 34.7. The number of rotatable bonds is 10. The van der Waals surface area contributed by atoms with E-state index in [1.807, 2.05) is 55.5 Å². The van der Waals surface area contributed by atoms with Crippen LogP contribution in [0.4, 0.5) is 0 Å². The van der Waals surface area contributed by atoms with E-state index >= 15 is 0 Å². The maximum absolute atomic E-state index is 13.6. The molecule has 1 atom stereocenters. The van der Waals surface area contributed by atoms with Crippen LogP contribution in [-0.4, -0.2) is 63.0 Å². The molecule has 1 aliphatic heterocycles. The largest absolute Gasteiger partial charge is 0.492 e. The number of carbonyl (C=O) groups excluding carboxylic acids is 1. The molecule has 4 rings (SSSR count). The molecule has 196 valence electrons. The van der Waals surface area contributed by atoms with Crippen LogP contribution in [0, 0.1) is 0 Å². The fourth-order valence-electron chi connectivity index (χ4n) is 4.39. The number of hydrogen-bond donors (Lipinski definition) is 1. The van der Waals surface area contributed by atoms with Crippen LogP contribution in [0.15, 0.2) is 83.8 Å². The van der Waals surface area contributed by atoms with Crippen LogP contribution in [0.1, 0.15) is 18.1 Å². The zero-order valence-corrected chi connectivity index (χ0v) is 22.4. The summed E-state index contributed by atoms with van der Waals surface area (Å²) in [6.45, 7) is 5.57. The smallest absolute Gasteiger partial charge is 0.241 e. The average Bonchev–Trinajstić information content (AvgIpc) is 2.90. The van der Waals surface area contributed by atoms with Crippen molar-refractivity contribution in [2.24, 2.45) is 0 Å². The number of benzene rings is 3. The third-order valence-corrected chi connectivity index (χ3v) is 8.09. The van der Waals surface area contributed by atoms with Gasteiger partial charge in [-0.25, -0.2) is 8.42 Å². The van der Waals surface area contributed by atoms with Crippen molar-refractivity contribution in [1.82, 2.24) is 14.5 Å². The van der Waals surface area contributed by atoms with E-state index in [2.05, 4.69) is 21.8 Å². The molecular formula is C28H32ClN3O4S.